The molecular weight excluding hydrogens is 426 g/mol. The number of nitrogen functional groups attached to an aromatic ring is 1. The standard InChI is InChI=1S/C27H35N5O2/c1-31(2)19-6-8-20(9-7-19)32-15-23(24-25(28)29-17-30-26(24)32)18-4-3-5-22(14-18)33-16-27-12-10-21(34-27)11-13-27/h3-5,14-15,17,19-21H,6-13,16H2,1-2H3,(H2,28,29,30). The number of aromatic nitrogens is 3. The maximum Gasteiger partial charge on any atom is 0.146 e. The summed E-state index contributed by atoms with van der Waals surface area (Å²) in [4.78, 5) is 11.3. The molecule has 2 saturated heterocycles. The van der Waals surface area contributed by atoms with Gasteiger partial charge < -0.3 is 24.7 Å². The number of benzene rings is 1. The Morgan fingerprint density at radius 3 is 2.62 bits per heavy atom. The summed E-state index contributed by atoms with van der Waals surface area (Å²) in [5.41, 5.74) is 9.40. The van der Waals surface area contributed by atoms with Crippen LogP contribution in [0.2, 0.25) is 0 Å². The molecule has 7 heteroatoms. The van der Waals surface area contributed by atoms with E-state index >= 15 is 0 Å². The molecule has 7 nitrogen and oxygen atoms in total. The van der Waals surface area contributed by atoms with Crippen LogP contribution in [0.5, 0.6) is 5.75 Å². The maximum atomic E-state index is 6.40. The summed E-state index contributed by atoms with van der Waals surface area (Å²) in [6.07, 6.45) is 13.5. The first-order valence-corrected chi connectivity index (χ1v) is 12.7. The van der Waals surface area contributed by atoms with Gasteiger partial charge in [-0.3, -0.25) is 0 Å². The van der Waals surface area contributed by atoms with Gasteiger partial charge in [0.1, 0.15) is 35.7 Å². The predicted octanol–water partition coefficient (Wildman–Crippen LogP) is 4.82. The highest BCUT2D eigenvalue weighted by molar-refractivity contribution is 6.00. The SMILES string of the molecule is CN(C)C1CCC(n2cc(-c3cccc(OCC45CCC(CC4)O5)c3)c3c(N)ncnc32)CC1. The van der Waals surface area contributed by atoms with E-state index in [4.69, 9.17) is 15.2 Å². The Bertz CT molecular complexity index is 1170. The van der Waals surface area contributed by atoms with E-state index in [0.717, 1.165) is 53.6 Å². The Hall–Kier alpha value is -2.64. The second-order valence-electron chi connectivity index (χ2n) is 10.7. The number of fused-ring (bicyclic) bond motifs is 3. The van der Waals surface area contributed by atoms with Crippen molar-refractivity contribution in [3.63, 3.8) is 0 Å². The molecule has 34 heavy (non-hydrogen) atoms. The van der Waals surface area contributed by atoms with Gasteiger partial charge in [0.2, 0.25) is 0 Å². The minimum atomic E-state index is -0.0830. The molecule has 2 aromatic heterocycles. The topological polar surface area (TPSA) is 78.4 Å². The van der Waals surface area contributed by atoms with E-state index in [1.54, 1.807) is 6.33 Å². The van der Waals surface area contributed by atoms with Gasteiger partial charge in [-0.2, -0.15) is 0 Å². The Kier molecular flexibility index (Phi) is 5.49. The smallest absolute Gasteiger partial charge is 0.146 e. The van der Waals surface area contributed by atoms with Crippen molar-refractivity contribution in [1.82, 2.24) is 19.4 Å². The molecule has 0 unspecified atom stereocenters. The van der Waals surface area contributed by atoms with Crippen molar-refractivity contribution in [3.8, 4) is 16.9 Å². The summed E-state index contributed by atoms with van der Waals surface area (Å²) in [6.45, 7) is 0.620. The number of nitrogens with two attached hydrogens (primary N) is 1. The molecule has 2 bridgehead atoms. The third-order valence-corrected chi connectivity index (χ3v) is 8.34. The molecule has 2 aliphatic heterocycles. The van der Waals surface area contributed by atoms with Gasteiger partial charge in [0, 0.05) is 23.8 Å². The first-order chi connectivity index (χ1) is 16.5. The maximum absolute atomic E-state index is 6.40. The van der Waals surface area contributed by atoms with Crippen molar-refractivity contribution in [3.05, 3.63) is 36.8 Å². The van der Waals surface area contributed by atoms with E-state index in [1.165, 1.54) is 25.7 Å². The second-order valence-corrected chi connectivity index (χ2v) is 10.7. The van der Waals surface area contributed by atoms with E-state index in [1.807, 2.05) is 6.07 Å². The zero-order chi connectivity index (χ0) is 23.3. The molecule has 3 aromatic rings. The third-order valence-electron chi connectivity index (χ3n) is 8.34. The molecule has 1 saturated carbocycles. The molecule has 2 N–H and O–H groups in total. The van der Waals surface area contributed by atoms with Gasteiger partial charge in [-0.05, 0) is 83.2 Å². The number of nitrogens with zero attached hydrogens (tertiary/aromatic N) is 4. The lowest BCUT2D eigenvalue weighted by molar-refractivity contribution is -0.0198. The minimum absolute atomic E-state index is 0.0830. The Labute approximate surface area is 201 Å². The number of anilines is 1. The zero-order valence-electron chi connectivity index (χ0n) is 20.2. The van der Waals surface area contributed by atoms with Gasteiger partial charge in [-0.1, -0.05) is 12.1 Å². The van der Waals surface area contributed by atoms with Crippen LogP contribution in [0.25, 0.3) is 22.2 Å². The molecule has 6 rings (SSSR count). The summed E-state index contributed by atoms with van der Waals surface area (Å²) in [7, 11) is 4.36. The summed E-state index contributed by atoms with van der Waals surface area (Å²) < 4.78 is 14.8. The molecule has 0 radical (unpaired) electrons. The normalized spacial score (nSPS) is 28.7. The molecule has 0 atom stereocenters. The van der Waals surface area contributed by atoms with Crippen molar-refractivity contribution in [1.29, 1.82) is 0 Å². The average Bonchev–Trinajstić information content (AvgIpc) is 3.57. The van der Waals surface area contributed by atoms with Crippen molar-refractivity contribution in [2.75, 3.05) is 26.4 Å². The van der Waals surface area contributed by atoms with Crippen LogP contribution in [0.4, 0.5) is 5.82 Å². The molecular formula is C27H35N5O2. The molecule has 1 aromatic carbocycles. The van der Waals surface area contributed by atoms with Crippen molar-refractivity contribution < 1.29 is 9.47 Å². The molecule has 3 fully saturated rings. The second kappa shape index (κ2) is 8.54. The Morgan fingerprint density at radius 1 is 1.12 bits per heavy atom. The van der Waals surface area contributed by atoms with Crippen molar-refractivity contribution >= 4 is 16.9 Å². The first-order valence-electron chi connectivity index (χ1n) is 12.7. The lowest BCUT2D eigenvalue weighted by Crippen LogP contribution is -2.32. The number of rotatable bonds is 6. The minimum Gasteiger partial charge on any atom is -0.491 e. The summed E-state index contributed by atoms with van der Waals surface area (Å²) in [6, 6.07) is 9.41. The number of ether oxygens (including phenoxy) is 2. The molecule has 0 spiro atoms. The highest BCUT2D eigenvalue weighted by Gasteiger charge is 2.46. The Morgan fingerprint density at radius 2 is 1.91 bits per heavy atom. The Balaban J connectivity index is 1.29. The monoisotopic (exact) mass is 461 g/mol. The summed E-state index contributed by atoms with van der Waals surface area (Å²) in [5, 5.41) is 0.936. The number of hydrogen-bond acceptors (Lipinski definition) is 6. The molecule has 0 amide bonds. The summed E-state index contributed by atoms with van der Waals surface area (Å²) in [5.74, 6) is 1.40. The van der Waals surface area contributed by atoms with Crippen LogP contribution in [0.1, 0.15) is 57.4 Å². The predicted molar refractivity (Wildman–Crippen MR) is 134 cm³/mol. The van der Waals surface area contributed by atoms with Crippen LogP contribution >= 0.6 is 0 Å². The van der Waals surface area contributed by atoms with Crippen LogP contribution in [0.3, 0.4) is 0 Å². The third kappa shape index (κ3) is 3.85. The highest BCUT2D eigenvalue weighted by atomic mass is 16.6. The van der Waals surface area contributed by atoms with Crippen molar-refractivity contribution in [2.45, 2.75) is 75.2 Å². The van der Waals surface area contributed by atoms with Gasteiger partial charge in [0.05, 0.1) is 11.5 Å². The fourth-order valence-corrected chi connectivity index (χ4v) is 6.31. The fourth-order valence-electron chi connectivity index (χ4n) is 6.31. The van der Waals surface area contributed by atoms with E-state index < -0.39 is 0 Å². The first kappa shape index (κ1) is 21.9. The lowest BCUT2D eigenvalue weighted by Gasteiger charge is -2.33. The van der Waals surface area contributed by atoms with Crippen LogP contribution in [0, 0.1) is 0 Å². The average molecular weight is 462 g/mol. The molecule has 4 heterocycles. The van der Waals surface area contributed by atoms with Gasteiger partial charge in [-0.15, -0.1) is 0 Å². The zero-order valence-corrected chi connectivity index (χ0v) is 20.2. The van der Waals surface area contributed by atoms with E-state index in [0.29, 0.717) is 30.6 Å². The van der Waals surface area contributed by atoms with Gasteiger partial charge in [0.15, 0.2) is 0 Å². The highest BCUT2D eigenvalue weighted by Crippen LogP contribution is 2.44. The van der Waals surface area contributed by atoms with Crippen LogP contribution in [-0.4, -0.2) is 57.9 Å². The molecule has 3 aliphatic rings. The molecule has 1 aliphatic carbocycles. The van der Waals surface area contributed by atoms with Crippen molar-refractivity contribution in [2.24, 2.45) is 0 Å². The van der Waals surface area contributed by atoms with E-state index in [2.05, 4.69) is 57.9 Å². The van der Waals surface area contributed by atoms with Gasteiger partial charge in [-0.25, -0.2) is 9.97 Å². The largest absolute Gasteiger partial charge is 0.491 e. The summed E-state index contributed by atoms with van der Waals surface area (Å²) >= 11 is 0. The fraction of sp³-hybridized carbons (Fsp3) is 0.556. The number of hydrogen-bond donors (Lipinski definition) is 1. The quantitative estimate of drug-likeness (QED) is 0.567. The van der Waals surface area contributed by atoms with E-state index in [9.17, 15) is 0 Å². The molecule has 180 valence electrons. The lowest BCUT2D eigenvalue weighted by atomic mass is 9.89. The van der Waals surface area contributed by atoms with E-state index in [-0.39, 0.29) is 5.60 Å². The van der Waals surface area contributed by atoms with Gasteiger partial charge in [0.25, 0.3) is 0 Å². The van der Waals surface area contributed by atoms with Crippen LogP contribution in [0.15, 0.2) is 36.8 Å². The van der Waals surface area contributed by atoms with Gasteiger partial charge >= 0.3 is 0 Å². The van der Waals surface area contributed by atoms with Crippen LogP contribution < -0.4 is 10.5 Å². The van der Waals surface area contributed by atoms with Crippen LogP contribution in [-0.2, 0) is 4.74 Å².